The Morgan fingerprint density at radius 1 is 1.20 bits per heavy atom. The zero-order valence-corrected chi connectivity index (χ0v) is 17.7. The van der Waals surface area contributed by atoms with E-state index in [1.165, 1.54) is 18.7 Å². The number of hydrogen-bond acceptors (Lipinski definition) is 7. The van der Waals surface area contributed by atoms with Crippen LogP contribution in [0.1, 0.15) is 18.6 Å². The maximum Gasteiger partial charge on any atom is 0.257 e. The Labute approximate surface area is 181 Å². The number of carbonyl (C=O) groups excluding carboxylic acids is 1. The molecule has 0 unspecified atom stereocenters. The SMILES string of the molecule is CC(=O)Nc1cccc(-n2c(C)nnc2SCc2noc(-c3ccc(Cl)cc3)n2)c1. The van der Waals surface area contributed by atoms with Crippen molar-refractivity contribution in [3.8, 4) is 17.1 Å². The van der Waals surface area contributed by atoms with Crippen molar-refractivity contribution in [3.05, 3.63) is 65.2 Å². The van der Waals surface area contributed by atoms with Gasteiger partial charge >= 0.3 is 0 Å². The lowest BCUT2D eigenvalue weighted by Crippen LogP contribution is -2.07. The number of halogens is 1. The molecule has 0 atom stereocenters. The van der Waals surface area contributed by atoms with E-state index in [2.05, 4.69) is 25.7 Å². The molecular formula is C20H17ClN6O2S. The first-order valence-corrected chi connectivity index (χ1v) is 10.4. The first-order chi connectivity index (χ1) is 14.5. The number of aryl methyl sites for hydroxylation is 1. The minimum Gasteiger partial charge on any atom is -0.334 e. The predicted octanol–water partition coefficient (Wildman–Crippen LogP) is 4.53. The number of amides is 1. The van der Waals surface area contributed by atoms with Crippen molar-refractivity contribution < 1.29 is 9.32 Å². The Hall–Kier alpha value is -3.17. The molecule has 0 spiro atoms. The monoisotopic (exact) mass is 440 g/mol. The molecule has 4 aromatic rings. The second kappa shape index (κ2) is 8.68. The highest BCUT2D eigenvalue weighted by atomic mass is 35.5. The largest absolute Gasteiger partial charge is 0.334 e. The van der Waals surface area contributed by atoms with Gasteiger partial charge in [-0.15, -0.1) is 10.2 Å². The zero-order valence-electron chi connectivity index (χ0n) is 16.2. The fourth-order valence-corrected chi connectivity index (χ4v) is 3.78. The summed E-state index contributed by atoms with van der Waals surface area (Å²) in [6, 6.07) is 14.7. The molecule has 2 heterocycles. The molecule has 30 heavy (non-hydrogen) atoms. The molecule has 0 aliphatic rings. The molecule has 0 fully saturated rings. The summed E-state index contributed by atoms with van der Waals surface area (Å²) in [4.78, 5) is 15.8. The number of aromatic nitrogens is 5. The Morgan fingerprint density at radius 2 is 2.00 bits per heavy atom. The summed E-state index contributed by atoms with van der Waals surface area (Å²) in [5, 5.41) is 16.6. The van der Waals surface area contributed by atoms with E-state index in [0.29, 0.717) is 33.3 Å². The van der Waals surface area contributed by atoms with Crippen LogP contribution in [0.3, 0.4) is 0 Å². The molecule has 0 bridgehead atoms. The van der Waals surface area contributed by atoms with Gasteiger partial charge in [-0.3, -0.25) is 9.36 Å². The summed E-state index contributed by atoms with van der Waals surface area (Å²) >= 11 is 7.36. The minimum atomic E-state index is -0.129. The van der Waals surface area contributed by atoms with E-state index < -0.39 is 0 Å². The number of nitrogens with zero attached hydrogens (tertiary/aromatic N) is 5. The van der Waals surface area contributed by atoms with E-state index in [1.807, 2.05) is 47.9 Å². The highest BCUT2D eigenvalue weighted by Gasteiger charge is 2.15. The van der Waals surface area contributed by atoms with Crippen LogP contribution in [0.25, 0.3) is 17.1 Å². The van der Waals surface area contributed by atoms with Crippen LogP contribution in [0.2, 0.25) is 5.02 Å². The molecule has 2 aromatic carbocycles. The van der Waals surface area contributed by atoms with Crippen LogP contribution >= 0.6 is 23.4 Å². The summed E-state index contributed by atoms with van der Waals surface area (Å²) in [6.07, 6.45) is 0. The van der Waals surface area contributed by atoms with Crippen LogP contribution in [0, 0.1) is 6.92 Å². The lowest BCUT2D eigenvalue weighted by Gasteiger charge is -2.10. The molecule has 10 heteroatoms. The number of benzene rings is 2. The average molecular weight is 441 g/mol. The lowest BCUT2D eigenvalue weighted by atomic mass is 10.2. The third-order valence-electron chi connectivity index (χ3n) is 4.11. The van der Waals surface area contributed by atoms with Gasteiger partial charge in [-0.2, -0.15) is 4.98 Å². The van der Waals surface area contributed by atoms with Gasteiger partial charge in [-0.05, 0) is 49.4 Å². The minimum absolute atomic E-state index is 0.129. The average Bonchev–Trinajstić information content (AvgIpc) is 3.33. The Balaban J connectivity index is 1.52. The van der Waals surface area contributed by atoms with E-state index in [-0.39, 0.29) is 5.91 Å². The fraction of sp³-hybridized carbons (Fsp3) is 0.150. The molecule has 0 saturated carbocycles. The zero-order chi connectivity index (χ0) is 21.1. The predicted molar refractivity (Wildman–Crippen MR) is 115 cm³/mol. The molecule has 1 N–H and O–H groups in total. The van der Waals surface area contributed by atoms with Crippen molar-refractivity contribution in [3.63, 3.8) is 0 Å². The first kappa shape index (κ1) is 20.1. The van der Waals surface area contributed by atoms with E-state index in [1.54, 1.807) is 12.1 Å². The quantitative estimate of drug-likeness (QED) is 0.439. The number of rotatable bonds is 6. The first-order valence-electron chi connectivity index (χ1n) is 9.01. The van der Waals surface area contributed by atoms with E-state index in [9.17, 15) is 4.79 Å². The summed E-state index contributed by atoms with van der Waals surface area (Å²) in [7, 11) is 0. The van der Waals surface area contributed by atoms with Gasteiger partial charge < -0.3 is 9.84 Å². The number of nitrogens with one attached hydrogen (secondary N) is 1. The number of anilines is 1. The maximum atomic E-state index is 11.3. The van der Waals surface area contributed by atoms with Crippen molar-refractivity contribution in [2.24, 2.45) is 0 Å². The van der Waals surface area contributed by atoms with Crippen molar-refractivity contribution in [1.29, 1.82) is 0 Å². The molecule has 0 saturated heterocycles. The smallest absolute Gasteiger partial charge is 0.257 e. The van der Waals surface area contributed by atoms with E-state index in [4.69, 9.17) is 16.1 Å². The van der Waals surface area contributed by atoms with Crippen LogP contribution < -0.4 is 5.32 Å². The molecule has 0 aliphatic carbocycles. The van der Waals surface area contributed by atoms with Gasteiger partial charge in [0.2, 0.25) is 5.91 Å². The molecule has 8 nitrogen and oxygen atoms in total. The second-order valence-electron chi connectivity index (χ2n) is 6.41. The Morgan fingerprint density at radius 3 is 2.77 bits per heavy atom. The third kappa shape index (κ3) is 4.52. The maximum absolute atomic E-state index is 11.3. The van der Waals surface area contributed by atoms with Crippen molar-refractivity contribution in [2.45, 2.75) is 24.8 Å². The highest BCUT2D eigenvalue weighted by molar-refractivity contribution is 7.98. The molecule has 2 aromatic heterocycles. The van der Waals surface area contributed by atoms with E-state index >= 15 is 0 Å². The third-order valence-corrected chi connectivity index (χ3v) is 5.29. The summed E-state index contributed by atoms with van der Waals surface area (Å²) < 4.78 is 7.26. The van der Waals surface area contributed by atoms with Crippen molar-refractivity contribution in [2.75, 3.05) is 5.32 Å². The topological polar surface area (TPSA) is 98.7 Å². The highest BCUT2D eigenvalue weighted by Crippen LogP contribution is 2.27. The van der Waals surface area contributed by atoms with Crippen molar-refractivity contribution in [1.82, 2.24) is 24.9 Å². The van der Waals surface area contributed by atoms with Gasteiger partial charge in [0.1, 0.15) is 5.82 Å². The summed E-state index contributed by atoms with van der Waals surface area (Å²) in [6.45, 7) is 3.34. The second-order valence-corrected chi connectivity index (χ2v) is 7.79. The van der Waals surface area contributed by atoms with Gasteiger partial charge in [0, 0.05) is 23.2 Å². The summed E-state index contributed by atoms with van der Waals surface area (Å²) in [5.41, 5.74) is 2.35. The van der Waals surface area contributed by atoms with Crippen molar-refractivity contribution >= 4 is 35.0 Å². The van der Waals surface area contributed by atoms with Gasteiger partial charge in [0.15, 0.2) is 11.0 Å². The van der Waals surface area contributed by atoms with Crippen LogP contribution in [0.5, 0.6) is 0 Å². The van der Waals surface area contributed by atoms with Gasteiger partial charge in [0.05, 0.1) is 11.4 Å². The molecule has 0 aliphatic heterocycles. The standard InChI is InChI=1S/C20H17ClN6O2S/c1-12-24-25-20(27(12)17-5-3-4-16(10-17)22-13(2)28)30-11-18-23-19(29-26-18)14-6-8-15(21)9-7-14/h3-10H,11H2,1-2H3,(H,22,28). The fourth-order valence-electron chi connectivity index (χ4n) is 2.81. The Bertz CT molecular complexity index is 1190. The number of thioether (sulfide) groups is 1. The summed E-state index contributed by atoms with van der Waals surface area (Å²) in [5.74, 6) is 2.04. The molecule has 4 rings (SSSR count). The van der Waals surface area contributed by atoms with Gasteiger partial charge in [-0.25, -0.2) is 0 Å². The van der Waals surface area contributed by atoms with Crippen LogP contribution in [0.15, 0.2) is 58.2 Å². The van der Waals surface area contributed by atoms with Gasteiger partial charge in [0.25, 0.3) is 5.89 Å². The number of carbonyl (C=O) groups is 1. The van der Waals surface area contributed by atoms with Crippen LogP contribution in [-0.4, -0.2) is 30.8 Å². The molecule has 1 amide bonds. The molecule has 0 radical (unpaired) electrons. The van der Waals surface area contributed by atoms with E-state index in [0.717, 1.165) is 17.1 Å². The Kier molecular flexibility index (Phi) is 5.82. The van der Waals surface area contributed by atoms with Gasteiger partial charge in [-0.1, -0.05) is 34.6 Å². The van der Waals surface area contributed by atoms with Crippen LogP contribution in [0.4, 0.5) is 5.69 Å². The lowest BCUT2D eigenvalue weighted by molar-refractivity contribution is -0.114. The molecular weight excluding hydrogens is 424 g/mol. The normalized spacial score (nSPS) is 10.9. The molecule has 152 valence electrons. The number of hydrogen-bond donors (Lipinski definition) is 1. The van der Waals surface area contributed by atoms with Crippen LogP contribution in [-0.2, 0) is 10.5 Å².